The molecule has 0 amide bonds. The number of aromatic nitrogens is 2. The molecule has 0 fully saturated rings. The molecule has 2 aromatic rings. The minimum atomic E-state index is -0.507. The fourth-order valence-electron chi connectivity index (χ4n) is 1.32. The average Bonchev–Trinajstić information content (AvgIpc) is 2.64. The first-order valence-corrected chi connectivity index (χ1v) is 4.41. The van der Waals surface area contributed by atoms with Crippen LogP contribution in [0, 0.1) is 6.92 Å². The normalized spacial score (nSPS) is 10.3. The van der Waals surface area contributed by atoms with E-state index >= 15 is 0 Å². The lowest BCUT2D eigenvalue weighted by Crippen LogP contribution is -2.00. The number of nitrogens with zero attached hydrogens (tertiary/aromatic N) is 1. The van der Waals surface area contributed by atoms with Crippen LogP contribution >= 0.6 is 0 Å². The molecule has 0 spiro atoms. The molecule has 0 saturated carbocycles. The van der Waals surface area contributed by atoms with E-state index in [0.29, 0.717) is 11.3 Å². The van der Waals surface area contributed by atoms with Gasteiger partial charge in [-0.2, -0.15) is 10.1 Å². The van der Waals surface area contributed by atoms with Gasteiger partial charge in [0.2, 0.25) is 0 Å². The van der Waals surface area contributed by atoms with E-state index in [9.17, 15) is 4.79 Å². The zero-order chi connectivity index (χ0) is 10.8. The number of aromatic amines is 1. The van der Waals surface area contributed by atoms with Gasteiger partial charge < -0.3 is 9.26 Å². The van der Waals surface area contributed by atoms with Gasteiger partial charge in [0.05, 0.1) is 12.7 Å². The molecular weight excluding hydrogens is 196 g/mol. The topological polar surface area (TPSA) is 68.1 Å². The summed E-state index contributed by atoms with van der Waals surface area (Å²) in [6.45, 7) is 1.95. The summed E-state index contributed by atoms with van der Waals surface area (Å²) >= 11 is 0. The molecule has 0 bridgehead atoms. The van der Waals surface area contributed by atoms with Crippen molar-refractivity contribution in [1.29, 1.82) is 0 Å². The molecule has 15 heavy (non-hydrogen) atoms. The summed E-state index contributed by atoms with van der Waals surface area (Å²) in [5, 5.41) is 2.14. The first-order valence-electron chi connectivity index (χ1n) is 4.41. The second-order valence-corrected chi connectivity index (χ2v) is 3.13. The van der Waals surface area contributed by atoms with Crippen LogP contribution in [-0.2, 0) is 0 Å². The summed E-state index contributed by atoms with van der Waals surface area (Å²) in [6, 6.07) is 5.55. The number of hydrogen-bond donors (Lipinski definition) is 1. The number of ether oxygens (including phenoxy) is 1. The summed E-state index contributed by atoms with van der Waals surface area (Å²) in [4.78, 5) is 14.5. The van der Waals surface area contributed by atoms with Crippen molar-refractivity contribution in [2.75, 3.05) is 7.11 Å². The van der Waals surface area contributed by atoms with Gasteiger partial charge in [0.1, 0.15) is 5.75 Å². The molecule has 0 aliphatic carbocycles. The van der Waals surface area contributed by atoms with E-state index in [2.05, 4.69) is 10.1 Å². The lowest BCUT2D eigenvalue weighted by Gasteiger charge is -2.05. The van der Waals surface area contributed by atoms with E-state index in [-0.39, 0.29) is 5.89 Å². The van der Waals surface area contributed by atoms with Gasteiger partial charge in [-0.3, -0.25) is 0 Å². The zero-order valence-electron chi connectivity index (χ0n) is 8.40. The molecule has 0 aliphatic rings. The van der Waals surface area contributed by atoms with Gasteiger partial charge in [0.15, 0.2) is 0 Å². The first-order chi connectivity index (χ1) is 7.20. The Balaban J connectivity index is 2.57. The molecule has 0 aliphatic heterocycles. The highest BCUT2D eigenvalue weighted by atomic mass is 16.5. The van der Waals surface area contributed by atoms with Crippen molar-refractivity contribution in [2.45, 2.75) is 6.92 Å². The van der Waals surface area contributed by atoms with Crippen molar-refractivity contribution in [2.24, 2.45) is 0 Å². The molecular formula is C10H10N2O3. The molecule has 1 N–H and O–H groups in total. The van der Waals surface area contributed by atoms with Gasteiger partial charge in [-0.05, 0) is 24.6 Å². The van der Waals surface area contributed by atoms with E-state index in [1.165, 1.54) is 0 Å². The quantitative estimate of drug-likeness (QED) is 0.805. The van der Waals surface area contributed by atoms with Gasteiger partial charge in [-0.15, -0.1) is 0 Å². The molecule has 0 atom stereocenters. The van der Waals surface area contributed by atoms with Crippen LogP contribution in [0.1, 0.15) is 5.56 Å². The van der Waals surface area contributed by atoms with Crippen LogP contribution in [0.5, 0.6) is 5.75 Å². The van der Waals surface area contributed by atoms with E-state index in [4.69, 9.17) is 9.26 Å². The van der Waals surface area contributed by atoms with Crippen molar-refractivity contribution in [3.05, 3.63) is 34.2 Å². The Kier molecular flexibility index (Phi) is 2.29. The molecule has 1 aromatic heterocycles. The zero-order valence-corrected chi connectivity index (χ0v) is 8.40. The van der Waals surface area contributed by atoms with Crippen LogP contribution in [0.25, 0.3) is 11.5 Å². The molecule has 5 nitrogen and oxygen atoms in total. The van der Waals surface area contributed by atoms with Gasteiger partial charge in [-0.25, -0.2) is 4.79 Å². The fraction of sp³-hybridized carbons (Fsp3) is 0.200. The van der Waals surface area contributed by atoms with Crippen molar-refractivity contribution in [3.8, 4) is 17.2 Å². The Morgan fingerprint density at radius 3 is 2.87 bits per heavy atom. The number of methoxy groups -OCH3 is 1. The van der Waals surface area contributed by atoms with E-state index in [1.807, 2.05) is 19.1 Å². The second kappa shape index (κ2) is 3.61. The highest BCUT2D eigenvalue weighted by molar-refractivity contribution is 5.63. The number of hydrogen-bond acceptors (Lipinski definition) is 4. The average molecular weight is 206 g/mol. The summed E-state index contributed by atoms with van der Waals surface area (Å²) in [5.41, 5.74) is 1.21. The Labute approximate surface area is 85.7 Å². The van der Waals surface area contributed by atoms with Crippen LogP contribution in [0.4, 0.5) is 0 Å². The molecule has 2 rings (SSSR count). The van der Waals surface area contributed by atoms with Gasteiger partial charge in [0.25, 0.3) is 5.89 Å². The maximum Gasteiger partial charge on any atom is 0.377 e. The molecule has 0 radical (unpaired) electrons. The maximum atomic E-state index is 10.8. The van der Waals surface area contributed by atoms with Crippen LogP contribution in [-0.4, -0.2) is 17.3 Å². The predicted octanol–water partition coefficient (Wildman–Crippen LogP) is 1.35. The Hall–Kier alpha value is -2.04. The van der Waals surface area contributed by atoms with Gasteiger partial charge >= 0.3 is 5.69 Å². The lowest BCUT2D eigenvalue weighted by molar-refractivity contribution is 0.403. The third-order valence-electron chi connectivity index (χ3n) is 2.03. The molecule has 0 unspecified atom stereocenters. The summed E-state index contributed by atoms with van der Waals surface area (Å²) in [5.74, 6) is 0.863. The molecule has 0 saturated heterocycles. The number of nitrogens with one attached hydrogen (secondary N) is 1. The molecule has 5 heteroatoms. The Morgan fingerprint density at radius 1 is 1.47 bits per heavy atom. The highest BCUT2D eigenvalue weighted by Gasteiger charge is 2.11. The molecule has 1 heterocycles. The maximum absolute atomic E-state index is 10.8. The fourth-order valence-corrected chi connectivity index (χ4v) is 1.32. The van der Waals surface area contributed by atoms with Crippen LogP contribution < -0.4 is 10.4 Å². The van der Waals surface area contributed by atoms with Crippen LogP contribution in [0.15, 0.2) is 27.5 Å². The largest absolute Gasteiger partial charge is 0.496 e. The van der Waals surface area contributed by atoms with E-state index in [0.717, 1.165) is 5.56 Å². The molecule has 1 aromatic carbocycles. The SMILES string of the molecule is COc1cc(C)ccc1-c1nc(=O)[nH]o1. The van der Waals surface area contributed by atoms with Gasteiger partial charge in [-0.1, -0.05) is 6.07 Å². The third-order valence-corrected chi connectivity index (χ3v) is 2.03. The smallest absolute Gasteiger partial charge is 0.377 e. The van der Waals surface area contributed by atoms with Crippen molar-refractivity contribution in [1.82, 2.24) is 10.1 Å². The minimum Gasteiger partial charge on any atom is -0.496 e. The number of aryl methyl sites for hydroxylation is 1. The summed E-state index contributed by atoms with van der Waals surface area (Å²) < 4.78 is 10.1. The highest BCUT2D eigenvalue weighted by Crippen LogP contribution is 2.28. The number of rotatable bonds is 2. The van der Waals surface area contributed by atoms with Crippen LogP contribution in [0.3, 0.4) is 0 Å². The van der Waals surface area contributed by atoms with Gasteiger partial charge in [0, 0.05) is 0 Å². The van der Waals surface area contributed by atoms with Crippen molar-refractivity contribution < 1.29 is 9.26 Å². The summed E-state index contributed by atoms with van der Waals surface area (Å²) in [7, 11) is 1.56. The molecule has 78 valence electrons. The number of benzene rings is 1. The van der Waals surface area contributed by atoms with Crippen molar-refractivity contribution >= 4 is 0 Å². The Bertz CT molecular complexity index is 527. The second-order valence-electron chi connectivity index (χ2n) is 3.13. The minimum absolute atomic E-state index is 0.233. The first kappa shape index (κ1) is 9.51. The van der Waals surface area contributed by atoms with E-state index in [1.54, 1.807) is 13.2 Å². The summed E-state index contributed by atoms with van der Waals surface area (Å²) in [6.07, 6.45) is 0. The predicted molar refractivity (Wildman–Crippen MR) is 53.8 cm³/mol. The Morgan fingerprint density at radius 2 is 2.27 bits per heavy atom. The monoisotopic (exact) mass is 206 g/mol. The number of H-pyrrole nitrogens is 1. The standard InChI is InChI=1S/C10H10N2O3/c1-6-3-4-7(8(5-6)14-2)9-11-10(13)12-15-9/h3-5H,1-2H3,(H,12,13). The van der Waals surface area contributed by atoms with Crippen LogP contribution in [0.2, 0.25) is 0 Å². The van der Waals surface area contributed by atoms with Crippen molar-refractivity contribution in [3.63, 3.8) is 0 Å². The lowest BCUT2D eigenvalue weighted by atomic mass is 10.1. The third kappa shape index (κ3) is 1.76. The van der Waals surface area contributed by atoms with E-state index < -0.39 is 5.69 Å².